The van der Waals surface area contributed by atoms with Crippen LogP contribution in [0.4, 0.5) is 5.82 Å². The van der Waals surface area contributed by atoms with Gasteiger partial charge in [-0.1, -0.05) is 22.4 Å². The second-order valence-electron chi connectivity index (χ2n) is 8.31. The number of rotatable bonds is 11. The molecule has 0 bridgehead atoms. The van der Waals surface area contributed by atoms with E-state index in [2.05, 4.69) is 25.8 Å². The maximum absolute atomic E-state index is 12.9. The van der Waals surface area contributed by atoms with E-state index >= 15 is 0 Å². The summed E-state index contributed by atoms with van der Waals surface area (Å²) in [7, 11) is 0. The first kappa shape index (κ1) is 24.1. The molecule has 4 rings (SSSR count). The van der Waals surface area contributed by atoms with E-state index in [4.69, 9.17) is 15.2 Å². The summed E-state index contributed by atoms with van der Waals surface area (Å²) >= 11 is 4.94. The zero-order chi connectivity index (χ0) is 23.0. The Morgan fingerprint density at radius 3 is 2.73 bits per heavy atom. The van der Waals surface area contributed by atoms with E-state index in [9.17, 15) is 4.79 Å². The summed E-state index contributed by atoms with van der Waals surface area (Å²) in [6.45, 7) is 5.04. The van der Waals surface area contributed by atoms with Crippen LogP contribution in [-0.4, -0.2) is 48.5 Å². The normalized spacial score (nSPS) is 14.6. The van der Waals surface area contributed by atoms with Gasteiger partial charge >= 0.3 is 0 Å². The molecule has 1 aliphatic rings. The number of aromatic nitrogens is 1. The Hall–Kier alpha value is -2.00. The lowest BCUT2D eigenvalue weighted by Crippen LogP contribution is -2.32. The highest BCUT2D eigenvalue weighted by molar-refractivity contribution is 9.10. The van der Waals surface area contributed by atoms with Gasteiger partial charge in [0, 0.05) is 41.2 Å². The van der Waals surface area contributed by atoms with Crippen molar-refractivity contribution >= 4 is 49.0 Å². The highest BCUT2D eigenvalue weighted by Crippen LogP contribution is 2.34. The van der Waals surface area contributed by atoms with Crippen molar-refractivity contribution < 1.29 is 14.3 Å². The summed E-state index contributed by atoms with van der Waals surface area (Å²) < 4.78 is 13.6. The molecule has 1 aliphatic heterocycles. The van der Waals surface area contributed by atoms with E-state index in [-0.39, 0.29) is 5.78 Å². The fraction of sp³-hybridized carbons (Fsp3) is 0.440. The maximum atomic E-state index is 12.9. The highest BCUT2D eigenvalue weighted by atomic mass is 79.9. The van der Waals surface area contributed by atoms with Crippen molar-refractivity contribution in [2.75, 3.05) is 38.6 Å². The fourth-order valence-electron chi connectivity index (χ4n) is 4.07. The van der Waals surface area contributed by atoms with Crippen molar-refractivity contribution in [1.82, 2.24) is 9.88 Å². The van der Waals surface area contributed by atoms with Crippen molar-refractivity contribution in [2.24, 2.45) is 0 Å². The number of piperidine rings is 1. The highest BCUT2D eigenvalue weighted by Gasteiger charge is 2.17. The molecule has 0 amide bonds. The van der Waals surface area contributed by atoms with Crippen molar-refractivity contribution in [2.45, 2.75) is 38.7 Å². The van der Waals surface area contributed by atoms with E-state index in [0.29, 0.717) is 37.4 Å². The predicted octanol–water partition coefficient (Wildman–Crippen LogP) is 5.69. The molecule has 0 radical (unpaired) electrons. The van der Waals surface area contributed by atoms with E-state index in [1.54, 1.807) is 6.20 Å². The number of anilines is 1. The van der Waals surface area contributed by atoms with E-state index in [1.807, 2.05) is 29.6 Å². The zero-order valence-electron chi connectivity index (χ0n) is 18.7. The Balaban J connectivity index is 1.30. The molecule has 1 saturated heterocycles. The van der Waals surface area contributed by atoms with Crippen molar-refractivity contribution in [3.05, 3.63) is 51.4 Å². The molecule has 3 heterocycles. The number of carbonyl (C=O) groups excluding carboxylic acids is 1. The number of nitrogens with two attached hydrogens (primary N) is 1. The van der Waals surface area contributed by atoms with Crippen LogP contribution in [0.3, 0.4) is 0 Å². The lowest BCUT2D eigenvalue weighted by Gasteiger charge is -2.26. The minimum absolute atomic E-state index is 0.0781. The van der Waals surface area contributed by atoms with E-state index < -0.39 is 0 Å². The second-order valence-corrected chi connectivity index (χ2v) is 10.1. The number of carbonyl (C=O) groups is 1. The van der Waals surface area contributed by atoms with Crippen LogP contribution in [0.2, 0.25) is 0 Å². The van der Waals surface area contributed by atoms with E-state index in [1.165, 1.54) is 43.7 Å². The maximum Gasteiger partial charge on any atom is 0.165 e. The van der Waals surface area contributed by atoms with Crippen molar-refractivity contribution in [3.8, 4) is 5.75 Å². The van der Waals surface area contributed by atoms with Gasteiger partial charge in [-0.15, -0.1) is 11.3 Å². The van der Waals surface area contributed by atoms with Gasteiger partial charge in [-0.25, -0.2) is 4.98 Å². The number of nitrogen functional groups attached to an aromatic ring is 1. The third kappa shape index (κ3) is 6.53. The standard InChI is InChI=1S/C25H30BrN3O3S/c26-19-6-8-20(9-7-19)32-16-18-17-33-24-21(15-28-25(27)23(18)24)22(30)5-4-13-31-14-12-29-10-2-1-3-11-29/h6-9,15,17H,1-5,10-14,16H2,(H2,27,28). The molecule has 0 aliphatic carbocycles. The van der Waals surface area contributed by atoms with Gasteiger partial charge in [-0.3, -0.25) is 4.79 Å². The average molecular weight is 533 g/mol. The van der Waals surface area contributed by atoms with Crippen LogP contribution in [0, 0.1) is 0 Å². The number of nitrogens with zero attached hydrogens (tertiary/aromatic N) is 2. The smallest absolute Gasteiger partial charge is 0.165 e. The Morgan fingerprint density at radius 2 is 1.94 bits per heavy atom. The van der Waals surface area contributed by atoms with Crippen LogP contribution in [0.1, 0.15) is 48.0 Å². The van der Waals surface area contributed by atoms with Gasteiger partial charge in [0.15, 0.2) is 5.78 Å². The van der Waals surface area contributed by atoms with E-state index in [0.717, 1.165) is 39.0 Å². The van der Waals surface area contributed by atoms with Crippen LogP contribution >= 0.6 is 27.3 Å². The lowest BCUT2D eigenvalue weighted by atomic mass is 10.1. The third-order valence-electron chi connectivity index (χ3n) is 5.90. The van der Waals surface area contributed by atoms with Gasteiger partial charge in [0.1, 0.15) is 18.2 Å². The number of benzene rings is 1. The molecule has 1 aromatic carbocycles. The number of hydrogen-bond donors (Lipinski definition) is 1. The molecule has 176 valence electrons. The summed E-state index contributed by atoms with van der Waals surface area (Å²) in [6, 6.07) is 7.68. The Morgan fingerprint density at radius 1 is 1.15 bits per heavy atom. The number of likely N-dealkylation sites (tertiary alicyclic amines) is 1. The largest absolute Gasteiger partial charge is 0.489 e. The minimum Gasteiger partial charge on any atom is -0.489 e. The number of ether oxygens (including phenoxy) is 2. The van der Waals surface area contributed by atoms with Crippen molar-refractivity contribution in [3.63, 3.8) is 0 Å². The van der Waals surface area contributed by atoms with Crippen LogP contribution in [0.5, 0.6) is 5.75 Å². The van der Waals surface area contributed by atoms with Crippen LogP contribution in [-0.2, 0) is 11.3 Å². The third-order valence-corrected chi connectivity index (χ3v) is 7.49. The number of Topliss-reactive ketones (excluding diaryl/α,β-unsaturated/α-hetero) is 1. The Bertz CT molecular complexity index is 1060. The van der Waals surface area contributed by atoms with Gasteiger partial charge in [0.25, 0.3) is 0 Å². The Kier molecular flexibility index (Phi) is 8.72. The van der Waals surface area contributed by atoms with Gasteiger partial charge in [0.05, 0.1) is 16.9 Å². The number of ketones is 1. The monoisotopic (exact) mass is 531 g/mol. The molecule has 8 heteroatoms. The molecule has 1 fully saturated rings. The van der Waals surface area contributed by atoms with Gasteiger partial charge in [0.2, 0.25) is 0 Å². The number of pyridine rings is 1. The Labute approximate surface area is 207 Å². The minimum atomic E-state index is 0.0781. The SMILES string of the molecule is Nc1ncc(C(=O)CCCOCCN2CCCCC2)c2scc(COc3ccc(Br)cc3)c12. The predicted molar refractivity (Wildman–Crippen MR) is 137 cm³/mol. The van der Waals surface area contributed by atoms with Gasteiger partial charge in [-0.2, -0.15) is 0 Å². The molecule has 0 spiro atoms. The first-order chi connectivity index (χ1) is 16.1. The van der Waals surface area contributed by atoms with Crippen molar-refractivity contribution in [1.29, 1.82) is 0 Å². The number of halogens is 1. The summed E-state index contributed by atoms with van der Waals surface area (Å²) in [5.41, 5.74) is 7.75. The van der Waals surface area contributed by atoms with Crippen LogP contribution < -0.4 is 10.5 Å². The van der Waals surface area contributed by atoms with Gasteiger partial charge < -0.3 is 20.1 Å². The fourth-order valence-corrected chi connectivity index (χ4v) is 5.43. The van der Waals surface area contributed by atoms with Gasteiger partial charge in [-0.05, 0) is 62.0 Å². The number of hydrogen-bond acceptors (Lipinski definition) is 7. The lowest BCUT2D eigenvalue weighted by molar-refractivity contribution is 0.0858. The number of fused-ring (bicyclic) bond motifs is 1. The quantitative estimate of drug-likeness (QED) is 0.253. The molecule has 0 atom stereocenters. The summed E-state index contributed by atoms with van der Waals surface area (Å²) in [5, 5.41) is 2.82. The summed E-state index contributed by atoms with van der Waals surface area (Å²) in [6.07, 6.45) is 6.67. The van der Waals surface area contributed by atoms with Crippen LogP contribution in [0.25, 0.3) is 10.1 Å². The first-order valence-electron chi connectivity index (χ1n) is 11.5. The molecule has 6 nitrogen and oxygen atoms in total. The molecular formula is C25H30BrN3O3S. The summed E-state index contributed by atoms with van der Waals surface area (Å²) in [5.74, 6) is 1.28. The zero-order valence-corrected chi connectivity index (χ0v) is 21.1. The average Bonchev–Trinajstić information content (AvgIpc) is 3.26. The first-order valence-corrected chi connectivity index (χ1v) is 13.2. The molecule has 0 unspecified atom stereocenters. The molecule has 2 N–H and O–H groups in total. The molecule has 3 aromatic rings. The molecule has 2 aromatic heterocycles. The molecular weight excluding hydrogens is 502 g/mol. The topological polar surface area (TPSA) is 77.7 Å². The summed E-state index contributed by atoms with van der Waals surface area (Å²) in [4.78, 5) is 19.7. The molecule has 33 heavy (non-hydrogen) atoms. The van der Waals surface area contributed by atoms with Crippen LogP contribution in [0.15, 0.2) is 40.3 Å². The molecule has 0 saturated carbocycles. The second kappa shape index (κ2) is 11.9. The number of thiophene rings is 1.